The van der Waals surface area contributed by atoms with Crippen LogP contribution in [0, 0.1) is 0 Å². The summed E-state index contributed by atoms with van der Waals surface area (Å²) in [4.78, 5) is 25.7. The number of carbonyl (C=O) groups excluding carboxylic acids is 1. The lowest BCUT2D eigenvalue weighted by atomic mass is 9.90. The summed E-state index contributed by atoms with van der Waals surface area (Å²) in [5.41, 5.74) is 1.07. The minimum atomic E-state index is -1.03. The molecule has 7 nitrogen and oxygen atoms in total. The zero-order valence-electron chi connectivity index (χ0n) is 16.4. The first-order valence-corrected chi connectivity index (χ1v) is 9.15. The SMILES string of the molecule is CC(C)(C)OC(=O)N1CCC(c2ccc3c(c2)COC(C)(C)O3)C1C(=O)O. The molecule has 2 unspecified atom stereocenters. The lowest BCUT2D eigenvalue weighted by Gasteiger charge is -2.33. The number of carboxylic acids is 1. The summed E-state index contributed by atoms with van der Waals surface area (Å²) in [6, 6.07) is 4.69. The Labute approximate surface area is 159 Å². The molecule has 1 N–H and O–H groups in total. The van der Waals surface area contributed by atoms with Gasteiger partial charge in [-0.15, -0.1) is 0 Å². The number of carbonyl (C=O) groups is 2. The van der Waals surface area contributed by atoms with E-state index in [0.29, 0.717) is 19.6 Å². The van der Waals surface area contributed by atoms with Crippen LogP contribution in [0.15, 0.2) is 18.2 Å². The number of aliphatic carboxylic acids is 1. The normalized spacial score (nSPS) is 24.1. The Morgan fingerprint density at radius 1 is 1.30 bits per heavy atom. The van der Waals surface area contributed by atoms with Crippen LogP contribution in [0.25, 0.3) is 0 Å². The monoisotopic (exact) mass is 377 g/mol. The van der Waals surface area contributed by atoms with Gasteiger partial charge in [0, 0.05) is 31.9 Å². The van der Waals surface area contributed by atoms with Gasteiger partial charge in [0.15, 0.2) is 0 Å². The highest BCUT2D eigenvalue weighted by molar-refractivity contribution is 5.82. The average Bonchev–Trinajstić information content (AvgIpc) is 2.97. The fourth-order valence-corrected chi connectivity index (χ4v) is 3.56. The van der Waals surface area contributed by atoms with E-state index < -0.39 is 29.5 Å². The molecule has 0 saturated carbocycles. The summed E-state index contributed by atoms with van der Waals surface area (Å²) in [7, 11) is 0. The van der Waals surface area contributed by atoms with Gasteiger partial charge in [-0.25, -0.2) is 9.59 Å². The molecule has 2 heterocycles. The van der Waals surface area contributed by atoms with Crippen molar-refractivity contribution in [2.75, 3.05) is 6.54 Å². The fraction of sp³-hybridized carbons (Fsp3) is 0.600. The summed E-state index contributed by atoms with van der Waals surface area (Å²) >= 11 is 0. The van der Waals surface area contributed by atoms with E-state index in [1.807, 2.05) is 32.0 Å². The van der Waals surface area contributed by atoms with E-state index in [9.17, 15) is 14.7 Å². The number of rotatable bonds is 2. The molecule has 0 radical (unpaired) electrons. The molecular formula is C20H27NO6. The van der Waals surface area contributed by atoms with Gasteiger partial charge in [0.1, 0.15) is 17.4 Å². The van der Waals surface area contributed by atoms with Gasteiger partial charge in [-0.3, -0.25) is 4.90 Å². The summed E-state index contributed by atoms with van der Waals surface area (Å²) in [5.74, 6) is -1.28. The topological polar surface area (TPSA) is 85.3 Å². The van der Waals surface area contributed by atoms with Crippen LogP contribution in [0.5, 0.6) is 5.75 Å². The van der Waals surface area contributed by atoms with E-state index in [1.165, 1.54) is 4.90 Å². The van der Waals surface area contributed by atoms with Crippen molar-refractivity contribution in [2.45, 2.75) is 71.0 Å². The molecule has 0 bridgehead atoms. The second-order valence-electron chi connectivity index (χ2n) is 8.51. The molecule has 1 aromatic rings. The van der Waals surface area contributed by atoms with Crippen molar-refractivity contribution in [3.05, 3.63) is 29.3 Å². The largest absolute Gasteiger partial charge is 0.480 e. The number of carboxylic acid groups (broad SMARTS) is 1. The van der Waals surface area contributed by atoms with Gasteiger partial charge in [0.2, 0.25) is 5.79 Å². The molecular weight excluding hydrogens is 350 g/mol. The quantitative estimate of drug-likeness (QED) is 0.849. The predicted molar refractivity (Wildman–Crippen MR) is 97.7 cm³/mol. The van der Waals surface area contributed by atoms with Gasteiger partial charge in [-0.2, -0.15) is 0 Å². The number of likely N-dealkylation sites (tertiary alicyclic amines) is 1. The second-order valence-corrected chi connectivity index (χ2v) is 8.51. The van der Waals surface area contributed by atoms with Gasteiger partial charge < -0.3 is 19.3 Å². The molecule has 1 aromatic carbocycles. The Morgan fingerprint density at radius 2 is 2.00 bits per heavy atom. The van der Waals surface area contributed by atoms with Crippen LogP contribution in [-0.4, -0.2) is 46.0 Å². The molecule has 2 atom stereocenters. The lowest BCUT2D eigenvalue weighted by molar-refractivity contribution is -0.180. The molecule has 0 aromatic heterocycles. The molecule has 7 heteroatoms. The summed E-state index contributed by atoms with van der Waals surface area (Å²) in [6.45, 7) is 9.72. The number of nitrogens with zero attached hydrogens (tertiary/aromatic N) is 1. The van der Waals surface area contributed by atoms with Crippen LogP contribution in [0.3, 0.4) is 0 Å². The molecule has 3 rings (SSSR count). The maximum atomic E-state index is 12.5. The molecule has 1 saturated heterocycles. The highest BCUT2D eigenvalue weighted by Crippen LogP contribution is 2.38. The molecule has 2 aliphatic heterocycles. The highest BCUT2D eigenvalue weighted by atomic mass is 16.7. The van der Waals surface area contributed by atoms with Gasteiger partial charge in [-0.1, -0.05) is 6.07 Å². The van der Waals surface area contributed by atoms with E-state index in [1.54, 1.807) is 20.8 Å². The third-order valence-electron chi connectivity index (χ3n) is 4.72. The van der Waals surface area contributed by atoms with Crippen molar-refractivity contribution in [1.29, 1.82) is 0 Å². The number of amides is 1. The van der Waals surface area contributed by atoms with Gasteiger partial charge in [0.05, 0.1) is 6.61 Å². The molecule has 27 heavy (non-hydrogen) atoms. The Balaban J connectivity index is 1.84. The van der Waals surface area contributed by atoms with Crippen LogP contribution >= 0.6 is 0 Å². The van der Waals surface area contributed by atoms with Gasteiger partial charge in [0.25, 0.3) is 0 Å². The first kappa shape index (κ1) is 19.5. The zero-order chi connectivity index (χ0) is 20.0. The third kappa shape index (κ3) is 4.18. The number of benzene rings is 1. The maximum Gasteiger partial charge on any atom is 0.411 e. The molecule has 0 spiro atoms. The Bertz CT molecular complexity index is 751. The number of ether oxygens (including phenoxy) is 3. The molecule has 148 valence electrons. The smallest absolute Gasteiger partial charge is 0.411 e. The molecule has 1 amide bonds. The number of hydrogen-bond donors (Lipinski definition) is 1. The standard InChI is InChI=1S/C20H27NO6/c1-19(2,3)27-18(24)21-9-8-14(16(21)17(22)23)12-6-7-15-13(10-12)11-25-20(4,5)26-15/h6-7,10,14,16H,8-9,11H2,1-5H3,(H,22,23). The van der Waals surface area contributed by atoms with E-state index in [0.717, 1.165) is 16.9 Å². The Kier molecular flexibility index (Phi) is 4.84. The molecule has 1 fully saturated rings. The summed E-state index contributed by atoms with van der Waals surface area (Å²) in [5, 5.41) is 9.77. The van der Waals surface area contributed by atoms with Crippen molar-refractivity contribution >= 4 is 12.1 Å². The minimum absolute atomic E-state index is 0.310. The number of fused-ring (bicyclic) bond motifs is 1. The summed E-state index contributed by atoms with van der Waals surface area (Å²) < 4.78 is 16.9. The van der Waals surface area contributed by atoms with Crippen molar-refractivity contribution in [1.82, 2.24) is 4.90 Å². The predicted octanol–water partition coefficient (Wildman–Crippen LogP) is 3.51. The summed E-state index contributed by atoms with van der Waals surface area (Å²) in [6.07, 6.45) is -0.0360. The third-order valence-corrected chi connectivity index (χ3v) is 4.72. The van der Waals surface area contributed by atoms with Crippen molar-refractivity contribution in [3.8, 4) is 5.75 Å². The first-order valence-electron chi connectivity index (χ1n) is 9.15. The number of hydrogen-bond acceptors (Lipinski definition) is 5. The molecule has 0 aliphatic carbocycles. The lowest BCUT2D eigenvalue weighted by Crippen LogP contribution is -2.45. The van der Waals surface area contributed by atoms with Crippen LogP contribution in [0.1, 0.15) is 58.1 Å². The average molecular weight is 377 g/mol. The van der Waals surface area contributed by atoms with Crippen LogP contribution < -0.4 is 4.74 Å². The van der Waals surface area contributed by atoms with Crippen LogP contribution in [0.4, 0.5) is 4.79 Å². The Hall–Kier alpha value is -2.28. The van der Waals surface area contributed by atoms with Crippen molar-refractivity contribution < 1.29 is 28.9 Å². The van der Waals surface area contributed by atoms with Crippen molar-refractivity contribution in [3.63, 3.8) is 0 Å². The van der Waals surface area contributed by atoms with Crippen LogP contribution in [0.2, 0.25) is 0 Å². The fourth-order valence-electron chi connectivity index (χ4n) is 3.56. The highest BCUT2D eigenvalue weighted by Gasteiger charge is 2.44. The zero-order valence-corrected chi connectivity index (χ0v) is 16.4. The Morgan fingerprint density at radius 3 is 2.63 bits per heavy atom. The van der Waals surface area contributed by atoms with E-state index in [2.05, 4.69) is 0 Å². The van der Waals surface area contributed by atoms with E-state index >= 15 is 0 Å². The molecule has 2 aliphatic rings. The maximum absolute atomic E-state index is 12.5. The minimum Gasteiger partial charge on any atom is -0.480 e. The second kappa shape index (κ2) is 6.71. The van der Waals surface area contributed by atoms with Gasteiger partial charge >= 0.3 is 12.1 Å². The van der Waals surface area contributed by atoms with Gasteiger partial charge in [-0.05, 0) is 44.9 Å². The van der Waals surface area contributed by atoms with E-state index in [-0.39, 0.29) is 5.92 Å². The van der Waals surface area contributed by atoms with E-state index in [4.69, 9.17) is 14.2 Å². The van der Waals surface area contributed by atoms with Crippen molar-refractivity contribution in [2.24, 2.45) is 0 Å². The van der Waals surface area contributed by atoms with Crippen LogP contribution in [-0.2, 0) is 20.9 Å². The first-order chi connectivity index (χ1) is 12.5.